The van der Waals surface area contributed by atoms with Crippen LogP contribution in [0.25, 0.3) is 11.3 Å². The van der Waals surface area contributed by atoms with Gasteiger partial charge in [-0.3, -0.25) is 4.79 Å². The van der Waals surface area contributed by atoms with Gasteiger partial charge in [0.25, 0.3) is 0 Å². The molecule has 0 saturated heterocycles. The third kappa shape index (κ3) is 4.59. The first-order chi connectivity index (χ1) is 13.7. The molecule has 4 rings (SSSR count). The van der Waals surface area contributed by atoms with Crippen molar-refractivity contribution >= 4 is 29.0 Å². The molecule has 1 fully saturated rings. The van der Waals surface area contributed by atoms with Crippen LogP contribution in [0.1, 0.15) is 42.3 Å². The van der Waals surface area contributed by atoms with Crippen LogP contribution in [-0.2, 0) is 11.3 Å². The molecule has 1 aliphatic carbocycles. The molecule has 2 aromatic heterocycles. The molecule has 0 bridgehead atoms. The van der Waals surface area contributed by atoms with Gasteiger partial charge in [-0.2, -0.15) is 0 Å². The number of aryl methyl sites for hydroxylation is 1. The summed E-state index contributed by atoms with van der Waals surface area (Å²) < 4.78 is 1.88. The molecule has 0 aliphatic heterocycles. The van der Waals surface area contributed by atoms with Crippen molar-refractivity contribution in [3.05, 3.63) is 40.2 Å². The van der Waals surface area contributed by atoms with Crippen molar-refractivity contribution < 1.29 is 4.79 Å². The molecule has 1 amide bonds. The smallest absolute Gasteiger partial charge is 0.230 e. The van der Waals surface area contributed by atoms with E-state index < -0.39 is 0 Å². The molecular weight excluding hydrogens is 392 g/mol. The Morgan fingerprint density at radius 2 is 2.07 bits per heavy atom. The molecule has 2 heterocycles. The summed E-state index contributed by atoms with van der Waals surface area (Å²) in [5.74, 6) is 0.286. The van der Waals surface area contributed by atoms with Crippen molar-refractivity contribution in [2.45, 2.75) is 50.4 Å². The highest BCUT2D eigenvalue weighted by Crippen LogP contribution is 2.31. The van der Waals surface area contributed by atoms with Crippen molar-refractivity contribution in [1.82, 2.24) is 30.5 Å². The minimum absolute atomic E-state index is 0.0230. The molecule has 1 N–H and O–H groups in total. The number of hydrogen-bond acceptors (Lipinski definition) is 7. The summed E-state index contributed by atoms with van der Waals surface area (Å²) in [6, 6.07) is 8.51. The Balaban J connectivity index is 1.26. The van der Waals surface area contributed by atoms with Crippen LogP contribution < -0.4 is 5.32 Å². The molecule has 9 heteroatoms. The highest BCUT2D eigenvalue weighted by Gasteiger charge is 2.22. The standard InChI is InChI=1S/C19H22N6OS2/c1-13-21-17(11-27-13)15-8-6-14(7-9-15)10-20-18(26)12-28-19-22-23-24-25(19)16-4-2-3-5-16/h6-9,11,16H,2-5,10,12H2,1H3,(H,20,26). The maximum Gasteiger partial charge on any atom is 0.230 e. The molecule has 146 valence electrons. The van der Waals surface area contributed by atoms with E-state index in [1.54, 1.807) is 11.3 Å². The molecular formula is C19H22N6OS2. The second-order valence-corrected chi connectivity index (χ2v) is 8.86. The summed E-state index contributed by atoms with van der Waals surface area (Å²) in [4.78, 5) is 16.7. The van der Waals surface area contributed by atoms with Crippen molar-refractivity contribution in [2.75, 3.05) is 5.75 Å². The average Bonchev–Trinajstić information content (AvgIpc) is 3.46. The van der Waals surface area contributed by atoms with Gasteiger partial charge >= 0.3 is 0 Å². The molecule has 0 radical (unpaired) electrons. The fraction of sp³-hybridized carbons (Fsp3) is 0.421. The Bertz CT molecular complexity index is 930. The Morgan fingerprint density at radius 3 is 2.79 bits per heavy atom. The number of hydrogen-bond donors (Lipinski definition) is 1. The number of benzene rings is 1. The van der Waals surface area contributed by atoms with Gasteiger partial charge in [0.2, 0.25) is 11.1 Å². The first-order valence-corrected chi connectivity index (χ1v) is 11.2. The second-order valence-electron chi connectivity index (χ2n) is 6.86. The van der Waals surface area contributed by atoms with E-state index in [4.69, 9.17) is 0 Å². The number of tetrazole rings is 1. The Labute approximate surface area is 172 Å². The highest BCUT2D eigenvalue weighted by atomic mass is 32.2. The SMILES string of the molecule is Cc1nc(-c2ccc(CNC(=O)CSc3nnnn3C3CCCC3)cc2)cs1. The molecule has 1 aromatic carbocycles. The van der Waals surface area contributed by atoms with Crippen LogP contribution >= 0.6 is 23.1 Å². The van der Waals surface area contributed by atoms with Crippen LogP contribution in [-0.4, -0.2) is 36.9 Å². The topological polar surface area (TPSA) is 85.6 Å². The number of nitrogens with zero attached hydrogens (tertiary/aromatic N) is 5. The summed E-state index contributed by atoms with van der Waals surface area (Å²) in [5.41, 5.74) is 3.15. The quantitative estimate of drug-likeness (QED) is 0.594. The van der Waals surface area contributed by atoms with E-state index in [9.17, 15) is 4.79 Å². The summed E-state index contributed by atoms with van der Waals surface area (Å²) >= 11 is 3.04. The van der Waals surface area contributed by atoms with E-state index in [-0.39, 0.29) is 5.91 Å². The fourth-order valence-corrected chi connectivity index (χ4v) is 4.73. The lowest BCUT2D eigenvalue weighted by Gasteiger charge is -2.10. The fourth-order valence-electron chi connectivity index (χ4n) is 3.33. The average molecular weight is 415 g/mol. The van der Waals surface area contributed by atoms with Gasteiger partial charge in [-0.05, 0) is 35.8 Å². The number of nitrogens with one attached hydrogen (secondary N) is 1. The summed E-state index contributed by atoms with van der Waals surface area (Å²) in [5, 5.41) is 18.8. The van der Waals surface area contributed by atoms with Gasteiger partial charge < -0.3 is 5.32 Å². The number of amides is 1. The van der Waals surface area contributed by atoms with Crippen LogP contribution in [0, 0.1) is 6.92 Å². The number of carbonyl (C=O) groups is 1. The van der Waals surface area contributed by atoms with E-state index in [0.717, 1.165) is 39.8 Å². The van der Waals surface area contributed by atoms with Crippen LogP contribution in [0.5, 0.6) is 0 Å². The lowest BCUT2D eigenvalue weighted by molar-refractivity contribution is -0.118. The van der Waals surface area contributed by atoms with Gasteiger partial charge in [-0.15, -0.1) is 16.4 Å². The Morgan fingerprint density at radius 1 is 1.29 bits per heavy atom. The lowest BCUT2D eigenvalue weighted by atomic mass is 10.1. The number of thioether (sulfide) groups is 1. The van der Waals surface area contributed by atoms with Crippen molar-refractivity contribution in [2.24, 2.45) is 0 Å². The van der Waals surface area contributed by atoms with Crippen molar-refractivity contribution in [3.63, 3.8) is 0 Å². The van der Waals surface area contributed by atoms with Gasteiger partial charge in [0, 0.05) is 17.5 Å². The van der Waals surface area contributed by atoms with Crippen LogP contribution in [0.2, 0.25) is 0 Å². The van der Waals surface area contributed by atoms with E-state index in [1.165, 1.54) is 24.6 Å². The van der Waals surface area contributed by atoms with Gasteiger partial charge in [0.05, 0.1) is 22.5 Å². The van der Waals surface area contributed by atoms with Crippen LogP contribution in [0.3, 0.4) is 0 Å². The van der Waals surface area contributed by atoms with Crippen molar-refractivity contribution in [3.8, 4) is 11.3 Å². The Hall–Kier alpha value is -2.26. The number of aromatic nitrogens is 5. The third-order valence-corrected chi connectivity index (χ3v) is 6.53. The monoisotopic (exact) mass is 414 g/mol. The second kappa shape index (κ2) is 8.83. The largest absolute Gasteiger partial charge is 0.351 e. The molecule has 3 aromatic rings. The molecule has 0 spiro atoms. The zero-order chi connectivity index (χ0) is 19.3. The third-order valence-electron chi connectivity index (χ3n) is 4.82. The Kier molecular flexibility index (Phi) is 6.01. The first kappa shape index (κ1) is 19.1. The van der Waals surface area contributed by atoms with E-state index >= 15 is 0 Å². The number of thiazole rings is 1. The molecule has 28 heavy (non-hydrogen) atoms. The van der Waals surface area contributed by atoms with Crippen molar-refractivity contribution in [1.29, 1.82) is 0 Å². The molecule has 0 atom stereocenters. The molecule has 1 aliphatic rings. The van der Waals surface area contributed by atoms with Gasteiger partial charge in [0.1, 0.15) is 0 Å². The summed E-state index contributed by atoms with van der Waals surface area (Å²) in [6.45, 7) is 2.51. The number of rotatable bonds is 7. The maximum absolute atomic E-state index is 12.2. The lowest BCUT2D eigenvalue weighted by Crippen LogP contribution is -2.24. The minimum atomic E-state index is -0.0230. The molecule has 1 saturated carbocycles. The predicted octanol–water partition coefficient (Wildman–Crippen LogP) is 3.63. The van der Waals surface area contributed by atoms with E-state index in [0.29, 0.717) is 18.3 Å². The number of carbonyl (C=O) groups excluding carboxylic acids is 1. The maximum atomic E-state index is 12.2. The normalized spacial score (nSPS) is 14.5. The van der Waals surface area contributed by atoms with Gasteiger partial charge in [0.15, 0.2) is 0 Å². The predicted molar refractivity (Wildman–Crippen MR) is 110 cm³/mol. The molecule has 7 nitrogen and oxygen atoms in total. The first-order valence-electron chi connectivity index (χ1n) is 9.38. The zero-order valence-corrected chi connectivity index (χ0v) is 17.3. The zero-order valence-electron chi connectivity index (χ0n) is 15.7. The van der Waals surface area contributed by atoms with Gasteiger partial charge in [-0.25, -0.2) is 9.67 Å². The molecule has 0 unspecified atom stereocenters. The van der Waals surface area contributed by atoms with Gasteiger partial charge in [-0.1, -0.05) is 48.9 Å². The van der Waals surface area contributed by atoms with E-state index in [2.05, 4.69) is 31.2 Å². The summed E-state index contributed by atoms with van der Waals surface area (Å²) in [6.07, 6.45) is 4.66. The van der Waals surface area contributed by atoms with E-state index in [1.807, 2.05) is 35.9 Å². The summed E-state index contributed by atoms with van der Waals surface area (Å²) in [7, 11) is 0. The highest BCUT2D eigenvalue weighted by molar-refractivity contribution is 7.99. The van der Waals surface area contributed by atoms with Crippen LogP contribution in [0.15, 0.2) is 34.8 Å². The minimum Gasteiger partial charge on any atom is -0.351 e. The van der Waals surface area contributed by atoms with Crippen LogP contribution in [0.4, 0.5) is 0 Å².